The van der Waals surface area contributed by atoms with E-state index in [1.807, 2.05) is 50.6 Å². The SMILES string of the molecule is CN(C(=O)c1ccc2c(c1)CCC2NC(=O)OC(C)(C)C)[Si](C)(C)C. The molecule has 5 nitrogen and oxygen atoms in total. The lowest BCUT2D eigenvalue weighted by Crippen LogP contribution is -2.46. The summed E-state index contributed by atoms with van der Waals surface area (Å²) in [5.41, 5.74) is 2.43. The number of hydrogen-bond acceptors (Lipinski definition) is 3. The number of alkyl carbamates (subject to hydrolysis) is 1. The predicted octanol–water partition coefficient (Wildman–Crippen LogP) is 4.11. The molecule has 0 aromatic heterocycles. The lowest BCUT2D eigenvalue weighted by atomic mass is 10.0. The van der Waals surface area contributed by atoms with Crippen molar-refractivity contribution >= 4 is 20.2 Å². The van der Waals surface area contributed by atoms with E-state index in [0.717, 1.165) is 29.5 Å². The number of carbonyl (C=O) groups is 2. The van der Waals surface area contributed by atoms with E-state index in [2.05, 4.69) is 25.0 Å². The van der Waals surface area contributed by atoms with Crippen molar-refractivity contribution in [3.63, 3.8) is 0 Å². The highest BCUT2D eigenvalue weighted by Crippen LogP contribution is 2.32. The van der Waals surface area contributed by atoms with E-state index in [1.54, 1.807) is 0 Å². The van der Waals surface area contributed by atoms with E-state index in [-0.39, 0.29) is 11.9 Å². The average Bonchev–Trinajstić information content (AvgIpc) is 2.85. The maximum Gasteiger partial charge on any atom is 0.408 e. The van der Waals surface area contributed by atoms with Gasteiger partial charge in [-0.1, -0.05) is 25.7 Å². The number of nitrogens with zero attached hydrogens (tertiary/aromatic N) is 1. The van der Waals surface area contributed by atoms with Gasteiger partial charge in [0.05, 0.1) is 6.04 Å². The third-order valence-electron chi connectivity index (χ3n) is 4.47. The van der Waals surface area contributed by atoms with Gasteiger partial charge in [0.25, 0.3) is 0 Å². The molecule has 0 bridgehead atoms. The highest BCUT2D eigenvalue weighted by Gasteiger charge is 2.29. The third kappa shape index (κ3) is 4.84. The summed E-state index contributed by atoms with van der Waals surface area (Å²) in [5.74, 6) is 0.0746. The summed E-state index contributed by atoms with van der Waals surface area (Å²) in [6.45, 7) is 12.0. The van der Waals surface area contributed by atoms with Crippen LogP contribution in [0.5, 0.6) is 0 Å². The molecule has 0 spiro atoms. The van der Waals surface area contributed by atoms with E-state index >= 15 is 0 Å². The molecular formula is C19H30N2O3Si. The normalized spacial score (nSPS) is 17.0. The van der Waals surface area contributed by atoms with Crippen molar-refractivity contribution in [1.29, 1.82) is 0 Å². The first-order chi connectivity index (χ1) is 11.4. The van der Waals surface area contributed by atoms with Crippen LogP contribution >= 0.6 is 0 Å². The summed E-state index contributed by atoms with van der Waals surface area (Å²) in [7, 11) is 0.204. The van der Waals surface area contributed by atoms with Crippen LogP contribution in [0.4, 0.5) is 4.79 Å². The van der Waals surface area contributed by atoms with Gasteiger partial charge in [0.15, 0.2) is 8.24 Å². The van der Waals surface area contributed by atoms with Gasteiger partial charge in [-0.15, -0.1) is 0 Å². The lowest BCUT2D eigenvalue weighted by molar-refractivity contribution is 0.0503. The fraction of sp³-hybridized carbons (Fsp3) is 0.579. The Labute approximate surface area is 151 Å². The molecule has 0 saturated carbocycles. The van der Waals surface area contributed by atoms with Crippen molar-refractivity contribution in [2.24, 2.45) is 0 Å². The second kappa shape index (κ2) is 6.82. The topological polar surface area (TPSA) is 58.6 Å². The van der Waals surface area contributed by atoms with Gasteiger partial charge >= 0.3 is 6.09 Å². The first-order valence-corrected chi connectivity index (χ1v) is 12.2. The molecule has 1 N–H and O–H groups in total. The highest BCUT2D eigenvalue weighted by atomic mass is 28.3. The number of fused-ring (bicyclic) bond motifs is 1. The van der Waals surface area contributed by atoms with Crippen LogP contribution < -0.4 is 5.32 Å². The molecule has 1 aromatic carbocycles. The standard InChI is InChI=1S/C19H30N2O3Si/c1-19(2,3)24-18(23)20-16-11-9-13-12-14(8-10-15(13)16)17(22)21(4)25(5,6)7/h8,10,12,16H,9,11H2,1-7H3,(H,20,23). The first-order valence-electron chi connectivity index (χ1n) is 8.79. The molecule has 138 valence electrons. The van der Waals surface area contributed by atoms with Crippen LogP contribution in [-0.4, -0.2) is 37.5 Å². The minimum absolute atomic E-state index is 0.0521. The van der Waals surface area contributed by atoms with Gasteiger partial charge in [-0.3, -0.25) is 4.79 Å². The molecule has 0 aliphatic heterocycles. The van der Waals surface area contributed by atoms with Crippen LogP contribution in [0.1, 0.15) is 54.7 Å². The van der Waals surface area contributed by atoms with Gasteiger partial charge in [0.1, 0.15) is 5.60 Å². The highest BCUT2D eigenvalue weighted by molar-refractivity contribution is 6.75. The Balaban J connectivity index is 2.13. The van der Waals surface area contributed by atoms with Crippen LogP contribution in [0.3, 0.4) is 0 Å². The number of hydrogen-bond donors (Lipinski definition) is 1. The molecule has 6 heteroatoms. The Kier molecular flexibility index (Phi) is 5.32. The summed E-state index contributed by atoms with van der Waals surface area (Å²) in [6.07, 6.45) is 1.29. The summed E-state index contributed by atoms with van der Waals surface area (Å²) < 4.78 is 7.23. The number of nitrogens with one attached hydrogen (secondary N) is 1. The molecule has 1 aliphatic rings. The van der Waals surface area contributed by atoms with Crippen molar-refractivity contribution < 1.29 is 14.3 Å². The van der Waals surface area contributed by atoms with Gasteiger partial charge in [-0.2, -0.15) is 0 Å². The Morgan fingerprint density at radius 1 is 1.24 bits per heavy atom. The zero-order chi connectivity index (χ0) is 19.0. The fourth-order valence-electron chi connectivity index (χ4n) is 2.85. The lowest BCUT2D eigenvalue weighted by Gasteiger charge is -2.30. The minimum Gasteiger partial charge on any atom is -0.444 e. The Hall–Kier alpha value is -1.82. The molecule has 1 aliphatic carbocycles. The second-order valence-corrected chi connectivity index (χ2v) is 13.7. The number of ether oxygens (including phenoxy) is 1. The Morgan fingerprint density at radius 2 is 1.88 bits per heavy atom. The van der Waals surface area contributed by atoms with Gasteiger partial charge in [0, 0.05) is 12.6 Å². The predicted molar refractivity (Wildman–Crippen MR) is 102 cm³/mol. The van der Waals surface area contributed by atoms with E-state index in [9.17, 15) is 9.59 Å². The third-order valence-corrected chi connectivity index (χ3v) is 6.69. The van der Waals surface area contributed by atoms with E-state index in [0.29, 0.717) is 0 Å². The number of carbonyl (C=O) groups excluding carboxylic acids is 2. The van der Waals surface area contributed by atoms with Gasteiger partial charge in [-0.25, -0.2) is 4.79 Å². The quantitative estimate of drug-likeness (QED) is 0.823. The molecule has 1 atom stereocenters. The Morgan fingerprint density at radius 3 is 2.44 bits per heavy atom. The maximum atomic E-state index is 12.7. The number of aryl methyl sites for hydroxylation is 1. The van der Waals surface area contributed by atoms with Crippen molar-refractivity contribution in [3.05, 3.63) is 34.9 Å². The fourth-order valence-corrected chi connectivity index (χ4v) is 3.59. The van der Waals surface area contributed by atoms with Crippen LogP contribution in [0.25, 0.3) is 0 Å². The van der Waals surface area contributed by atoms with Crippen molar-refractivity contribution in [1.82, 2.24) is 9.88 Å². The summed E-state index contributed by atoms with van der Waals surface area (Å²) in [5, 5.41) is 2.94. The van der Waals surface area contributed by atoms with E-state index in [4.69, 9.17) is 4.74 Å². The minimum atomic E-state index is -1.68. The molecule has 1 unspecified atom stereocenters. The molecule has 0 radical (unpaired) electrons. The molecule has 0 saturated heterocycles. The molecule has 0 heterocycles. The largest absolute Gasteiger partial charge is 0.444 e. The number of amides is 2. The smallest absolute Gasteiger partial charge is 0.408 e. The van der Waals surface area contributed by atoms with Gasteiger partial charge < -0.3 is 14.6 Å². The van der Waals surface area contributed by atoms with E-state index in [1.165, 1.54) is 0 Å². The van der Waals surface area contributed by atoms with Crippen LogP contribution in [0, 0.1) is 0 Å². The molecule has 0 fully saturated rings. The summed E-state index contributed by atoms with van der Waals surface area (Å²) >= 11 is 0. The molecule has 2 rings (SSSR count). The van der Waals surface area contributed by atoms with Crippen LogP contribution in [0.2, 0.25) is 19.6 Å². The zero-order valence-corrected chi connectivity index (χ0v) is 17.4. The summed E-state index contributed by atoms with van der Waals surface area (Å²) in [4.78, 5) is 24.7. The van der Waals surface area contributed by atoms with Crippen molar-refractivity contribution in [2.75, 3.05) is 7.05 Å². The monoisotopic (exact) mass is 362 g/mol. The van der Waals surface area contributed by atoms with Gasteiger partial charge in [-0.05, 0) is 56.9 Å². The second-order valence-electron chi connectivity index (χ2n) is 8.69. The molecule has 1 aromatic rings. The molecular weight excluding hydrogens is 332 g/mol. The Bertz CT molecular complexity index is 674. The molecule has 2 amide bonds. The summed E-state index contributed by atoms with van der Waals surface area (Å²) in [6, 6.07) is 5.76. The first kappa shape index (κ1) is 19.5. The van der Waals surface area contributed by atoms with Crippen molar-refractivity contribution in [2.45, 2.75) is 64.9 Å². The maximum absolute atomic E-state index is 12.7. The number of benzene rings is 1. The van der Waals surface area contributed by atoms with Gasteiger partial charge in [0.2, 0.25) is 5.91 Å². The van der Waals surface area contributed by atoms with Crippen LogP contribution in [-0.2, 0) is 11.2 Å². The average molecular weight is 363 g/mol. The van der Waals surface area contributed by atoms with E-state index < -0.39 is 19.9 Å². The number of rotatable bonds is 3. The zero-order valence-electron chi connectivity index (χ0n) is 16.4. The van der Waals surface area contributed by atoms with Crippen LogP contribution in [0.15, 0.2) is 18.2 Å². The van der Waals surface area contributed by atoms with Crippen molar-refractivity contribution in [3.8, 4) is 0 Å². The molecule has 25 heavy (non-hydrogen) atoms.